The topological polar surface area (TPSA) is 123 Å². The molecule has 30 heavy (non-hydrogen) atoms. The van der Waals surface area contributed by atoms with Crippen LogP contribution in [-0.4, -0.2) is 28.0 Å². The summed E-state index contributed by atoms with van der Waals surface area (Å²) in [5.41, 5.74) is 8.38. The van der Waals surface area contributed by atoms with Crippen LogP contribution in [0.1, 0.15) is 15.9 Å². The number of hydrogen-bond acceptors (Lipinski definition) is 6. The number of ether oxygens (including phenoxy) is 1. The average molecular weight is 401 g/mol. The number of amides is 1. The minimum absolute atomic E-state index is 0.260. The Morgan fingerprint density at radius 3 is 2.73 bits per heavy atom. The fourth-order valence-electron chi connectivity index (χ4n) is 3.21. The number of H-pyrrole nitrogens is 1. The number of aryl methyl sites for hydroxylation is 1. The van der Waals surface area contributed by atoms with E-state index in [1.807, 2.05) is 25.1 Å². The smallest absolute Gasteiger partial charge is 0.259 e. The van der Waals surface area contributed by atoms with Gasteiger partial charge in [-0.3, -0.25) is 14.6 Å². The molecule has 0 spiro atoms. The van der Waals surface area contributed by atoms with E-state index in [9.17, 15) is 9.59 Å². The van der Waals surface area contributed by atoms with Crippen LogP contribution >= 0.6 is 0 Å². The van der Waals surface area contributed by atoms with E-state index < -0.39 is 5.91 Å². The first-order valence-electron chi connectivity index (χ1n) is 9.15. The van der Waals surface area contributed by atoms with Gasteiger partial charge < -0.3 is 20.8 Å². The van der Waals surface area contributed by atoms with Crippen molar-refractivity contribution in [3.05, 3.63) is 76.5 Å². The van der Waals surface area contributed by atoms with Gasteiger partial charge in [-0.15, -0.1) is 0 Å². The third kappa shape index (κ3) is 3.58. The Morgan fingerprint density at radius 2 is 2.00 bits per heavy atom. The summed E-state index contributed by atoms with van der Waals surface area (Å²) >= 11 is 0. The van der Waals surface area contributed by atoms with Gasteiger partial charge in [0.05, 0.1) is 24.4 Å². The number of pyridine rings is 3. The number of methoxy groups -OCH3 is 1. The van der Waals surface area contributed by atoms with Crippen molar-refractivity contribution < 1.29 is 9.53 Å². The molecule has 0 aliphatic heterocycles. The summed E-state index contributed by atoms with van der Waals surface area (Å²) < 4.78 is 5.26. The average Bonchev–Trinajstić information content (AvgIpc) is 2.75. The van der Waals surface area contributed by atoms with Crippen molar-refractivity contribution in [2.75, 3.05) is 12.4 Å². The molecule has 4 N–H and O–H groups in total. The molecule has 4 aromatic rings. The number of carbonyl (C=O) groups excluding carboxylic acids is 1. The number of nitrogens with zero attached hydrogens (tertiary/aromatic N) is 2. The number of nitrogens with two attached hydrogens (primary N) is 1. The summed E-state index contributed by atoms with van der Waals surface area (Å²) in [6, 6.07) is 10.5. The van der Waals surface area contributed by atoms with Gasteiger partial charge in [0.15, 0.2) is 0 Å². The van der Waals surface area contributed by atoms with Crippen molar-refractivity contribution in [2.24, 2.45) is 5.73 Å². The van der Waals surface area contributed by atoms with E-state index in [1.165, 1.54) is 0 Å². The lowest BCUT2D eigenvalue weighted by Crippen LogP contribution is -2.12. The quantitative estimate of drug-likeness (QED) is 0.472. The van der Waals surface area contributed by atoms with E-state index in [4.69, 9.17) is 10.5 Å². The zero-order chi connectivity index (χ0) is 21.3. The maximum atomic E-state index is 12.5. The fourth-order valence-corrected chi connectivity index (χ4v) is 3.21. The third-order valence-corrected chi connectivity index (χ3v) is 4.76. The van der Waals surface area contributed by atoms with Crippen molar-refractivity contribution in [3.8, 4) is 17.0 Å². The largest absolute Gasteiger partial charge is 0.495 e. The maximum absolute atomic E-state index is 12.5. The number of aromatic nitrogens is 3. The second-order valence-electron chi connectivity index (χ2n) is 6.76. The molecule has 0 saturated carbocycles. The van der Waals surface area contributed by atoms with Crippen LogP contribution in [0.2, 0.25) is 0 Å². The molecule has 0 radical (unpaired) electrons. The summed E-state index contributed by atoms with van der Waals surface area (Å²) in [5, 5.41) is 4.38. The predicted octanol–water partition coefficient (Wildman–Crippen LogP) is 3.14. The van der Waals surface area contributed by atoms with Gasteiger partial charge in [0, 0.05) is 29.2 Å². The first kappa shape index (κ1) is 19.1. The minimum atomic E-state index is -0.503. The standard InChI is InChI=1S/C22H19N5O3/c1-12-7-14(20(23)28)3-4-17(12)26-21-19-13(5-6-25-22(19)29)9-18(27-21)15-8-16(30-2)11-24-10-15/h3-11H,1-2H3,(H2,23,28)(H,25,29)(H,26,27). The molecule has 0 saturated heterocycles. The van der Waals surface area contributed by atoms with E-state index in [0.29, 0.717) is 33.9 Å². The van der Waals surface area contributed by atoms with Crippen molar-refractivity contribution in [1.82, 2.24) is 15.0 Å². The molecule has 3 aromatic heterocycles. The molecule has 0 aliphatic carbocycles. The van der Waals surface area contributed by atoms with Crippen LogP contribution in [0, 0.1) is 6.92 Å². The van der Waals surface area contributed by atoms with Crippen LogP contribution in [0.15, 0.2) is 59.8 Å². The van der Waals surface area contributed by atoms with E-state index >= 15 is 0 Å². The van der Waals surface area contributed by atoms with Crippen LogP contribution in [0.5, 0.6) is 5.75 Å². The van der Waals surface area contributed by atoms with Crippen LogP contribution in [-0.2, 0) is 0 Å². The maximum Gasteiger partial charge on any atom is 0.259 e. The van der Waals surface area contributed by atoms with Gasteiger partial charge in [-0.2, -0.15) is 0 Å². The highest BCUT2D eigenvalue weighted by Crippen LogP contribution is 2.30. The molecule has 150 valence electrons. The molecule has 1 aromatic carbocycles. The van der Waals surface area contributed by atoms with Gasteiger partial charge in [-0.05, 0) is 54.3 Å². The Kier molecular flexibility index (Phi) is 4.89. The van der Waals surface area contributed by atoms with E-state index in [1.54, 1.807) is 43.9 Å². The van der Waals surface area contributed by atoms with Gasteiger partial charge in [0.25, 0.3) is 5.56 Å². The van der Waals surface area contributed by atoms with Gasteiger partial charge in [-0.1, -0.05) is 0 Å². The first-order valence-corrected chi connectivity index (χ1v) is 9.15. The third-order valence-electron chi connectivity index (χ3n) is 4.76. The predicted molar refractivity (Wildman–Crippen MR) is 115 cm³/mol. The normalized spacial score (nSPS) is 10.7. The van der Waals surface area contributed by atoms with Crippen molar-refractivity contribution in [1.29, 1.82) is 0 Å². The molecule has 0 bridgehead atoms. The second-order valence-corrected chi connectivity index (χ2v) is 6.76. The van der Waals surface area contributed by atoms with Gasteiger partial charge in [0.1, 0.15) is 11.6 Å². The number of primary amides is 1. The molecular formula is C22H19N5O3. The zero-order valence-corrected chi connectivity index (χ0v) is 16.4. The molecule has 8 nitrogen and oxygen atoms in total. The number of nitrogens with one attached hydrogen (secondary N) is 2. The molecule has 8 heteroatoms. The molecule has 0 aliphatic rings. The van der Waals surface area contributed by atoms with Crippen molar-refractivity contribution in [2.45, 2.75) is 6.92 Å². The van der Waals surface area contributed by atoms with Crippen LogP contribution in [0.3, 0.4) is 0 Å². The SMILES string of the molecule is COc1cncc(-c2cc3cc[nH]c(=O)c3c(Nc3ccc(C(N)=O)cc3C)n2)c1. The molecule has 1 amide bonds. The molecule has 3 heterocycles. The van der Waals surface area contributed by atoms with Gasteiger partial charge in [-0.25, -0.2) is 4.98 Å². The fraction of sp³-hybridized carbons (Fsp3) is 0.0909. The van der Waals surface area contributed by atoms with Crippen molar-refractivity contribution >= 4 is 28.2 Å². The van der Waals surface area contributed by atoms with Crippen molar-refractivity contribution in [3.63, 3.8) is 0 Å². The summed E-state index contributed by atoms with van der Waals surface area (Å²) in [4.78, 5) is 35.5. The number of aromatic amines is 1. The Morgan fingerprint density at radius 1 is 1.17 bits per heavy atom. The highest BCUT2D eigenvalue weighted by Gasteiger charge is 2.13. The Labute approximate surface area is 171 Å². The van der Waals surface area contributed by atoms with E-state index in [0.717, 1.165) is 16.5 Å². The minimum Gasteiger partial charge on any atom is -0.495 e. The number of carbonyl (C=O) groups is 1. The summed E-state index contributed by atoms with van der Waals surface area (Å²) in [5.74, 6) is 0.493. The number of anilines is 2. The molecule has 0 atom stereocenters. The van der Waals surface area contributed by atoms with Gasteiger partial charge >= 0.3 is 0 Å². The van der Waals surface area contributed by atoms with Crippen LogP contribution in [0.25, 0.3) is 22.0 Å². The highest BCUT2D eigenvalue weighted by atomic mass is 16.5. The number of fused-ring (bicyclic) bond motifs is 1. The monoisotopic (exact) mass is 401 g/mol. The lowest BCUT2D eigenvalue weighted by atomic mass is 10.1. The molecule has 4 rings (SSSR count). The Bertz CT molecular complexity index is 1330. The number of hydrogen-bond donors (Lipinski definition) is 3. The highest BCUT2D eigenvalue weighted by molar-refractivity contribution is 5.96. The Balaban J connectivity index is 1.87. The van der Waals surface area contributed by atoms with Crippen LogP contribution in [0.4, 0.5) is 11.5 Å². The number of benzene rings is 1. The lowest BCUT2D eigenvalue weighted by Gasteiger charge is -2.13. The molecule has 0 unspecified atom stereocenters. The van der Waals surface area contributed by atoms with Gasteiger partial charge in [0.2, 0.25) is 5.91 Å². The molecule has 0 fully saturated rings. The summed E-state index contributed by atoms with van der Waals surface area (Å²) in [6.07, 6.45) is 4.88. The summed E-state index contributed by atoms with van der Waals surface area (Å²) in [7, 11) is 1.57. The van der Waals surface area contributed by atoms with E-state index in [-0.39, 0.29) is 5.56 Å². The summed E-state index contributed by atoms with van der Waals surface area (Å²) in [6.45, 7) is 1.84. The molecular weight excluding hydrogens is 382 g/mol. The Hall–Kier alpha value is -4.20. The first-order chi connectivity index (χ1) is 14.5. The lowest BCUT2D eigenvalue weighted by molar-refractivity contribution is 0.1000. The van der Waals surface area contributed by atoms with Crippen LogP contribution < -0.4 is 21.3 Å². The number of rotatable bonds is 5. The zero-order valence-electron chi connectivity index (χ0n) is 16.4. The van der Waals surface area contributed by atoms with E-state index in [2.05, 4.69) is 20.3 Å². The second kappa shape index (κ2) is 7.67.